The van der Waals surface area contributed by atoms with Crippen LogP contribution in [0.25, 0.3) is 0 Å². The molecule has 1 aliphatic heterocycles. The minimum Gasteiger partial charge on any atom is -0.385 e. The van der Waals surface area contributed by atoms with Gasteiger partial charge in [-0.3, -0.25) is 4.79 Å². The van der Waals surface area contributed by atoms with Gasteiger partial charge in [-0.05, 0) is 12.8 Å². The second-order valence-electron chi connectivity index (χ2n) is 5.88. The lowest BCUT2D eigenvalue weighted by atomic mass is 9.48. The summed E-state index contributed by atoms with van der Waals surface area (Å²) in [5.74, 6) is 0.116. The van der Waals surface area contributed by atoms with Gasteiger partial charge in [-0.25, -0.2) is 0 Å². The molecule has 3 N–H and O–H groups in total. The van der Waals surface area contributed by atoms with Gasteiger partial charge in [0.25, 0.3) is 0 Å². The van der Waals surface area contributed by atoms with Crippen LogP contribution in [0.3, 0.4) is 0 Å². The standard InChI is InChI=1S/C13H24N2O3/c1-12(2)10-9(5-8-18-10)13(12,14)11(16)15-6-4-7-17-3/h9-10H,4-8,14H2,1-3H3,(H,15,16). The molecule has 1 heterocycles. The molecule has 0 spiro atoms. The van der Waals surface area contributed by atoms with Gasteiger partial charge >= 0.3 is 0 Å². The van der Waals surface area contributed by atoms with Crippen LogP contribution in [-0.4, -0.2) is 44.4 Å². The molecule has 5 heteroatoms. The molecule has 0 aromatic carbocycles. The van der Waals surface area contributed by atoms with Gasteiger partial charge in [0.05, 0.1) is 6.10 Å². The fraction of sp³-hybridized carbons (Fsp3) is 0.923. The summed E-state index contributed by atoms with van der Waals surface area (Å²) in [4.78, 5) is 12.3. The molecule has 2 fully saturated rings. The zero-order valence-electron chi connectivity index (χ0n) is 11.5. The molecular weight excluding hydrogens is 232 g/mol. The number of nitrogens with one attached hydrogen (secondary N) is 1. The topological polar surface area (TPSA) is 73.6 Å². The minimum absolute atomic E-state index is 0.0460. The lowest BCUT2D eigenvalue weighted by Crippen LogP contribution is -2.80. The molecule has 1 aliphatic carbocycles. The van der Waals surface area contributed by atoms with E-state index in [2.05, 4.69) is 5.32 Å². The van der Waals surface area contributed by atoms with Gasteiger partial charge in [-0.15, -0.1) is 0 Å². The maximum Gasteiger partial charge on any atom is 0.241 e. The molecule has 3 unspecified atom stereocenters. The molecule has 1 amide bonds. The van der Waals surface area contributed by atoms with Crippen LogP contribution in [0, 0.1) is 11.3 Å². The van der Waals surface area contributed by atoms with Crippen LogP contribution in [0.4, 0.5) is 0 Å². The van der Waals surface area contributed by atoms with E-state index in [1.54, 1.807) is 7.11 Å². The van der Waals surface area contributed by atoms with Crippen molar-refractivity contribution in [3.8, 4) is 0 Å². The molecule has 3 atom stereocenters. The van der Waals surface area contributed by atoms with Crippen LogP contribution in [0.15, 0.2) is 0 Å². The zero-order chi connectivity index (χ0) is 13.4. The monoisotopic (exact) mass is 256 g/mol. The fourth-order valence-electron chi connectivity index (χ4n) is 3.41. The predicted octanol–water partition coefficient (Wildman–Crippen LogP) is 0.282. The minimum atomic E-state index is -0.790. The van der Waals surface area contributed by atoms with Crippen molar-refractivity contribution in [2.45, 2.75) is 38.3 Å². The number of ether oxygens (including phenoxy) is 2. The van der Waals surface area contributed by atoms with E-state index in [4.69, 9.17) is 15.2 Å². The molecule has 0 radical (unpaired) electrons. The molecule has 0 aromatic heterocycles. The van der Waals surface area contributed by atoms with Crippen LogP contribution in [0.2, 0.25) is 0 Å². The molecule has 0 bridgehead atoms. The Kier molecular flexibility index (Phi) is 3.67. The number of nitrogens with two attached hydrogens (primary N) is 1. The average Bonchev–Trinajstić information content (AvgIpc) is 2.81. The van der Waals surface area contributed by atoms with Crippen molar-refractivity contribution in [2.24, 2.45) is 17.1 Å². The first-order chi connectivity index (χ1) is 8.46. The third-order valence-electron chi connectivity index (χ3n) is 4.64. The van der Waals surface area contributed by atoms with Crippen molar-refractivity contribution < 1.29 is 14.3 Å². The third-order valence-corrected chi connectivity index (χ3v) is 4.64. The molecule has 5 nitrogen and oxygen atoms in total. The van der Waals surface area contributed by atoms with Gasteiger partial charge < -0.3 is 20.5 Å². The van der Waals surface area contributed by atoms with Crippen LogP contribution >= 0.6 is 0 Å². The number of carbonyl (C=O) groups excluding carboxylic acids is 1. The SMILES string of the molecule is COCCCNC(=O)C1(N)C2CCOC2C1(C)C. The summed E-state index contributed by atoms with van der Waals surface area (Å²) in [6.45, 7) is 6.02. The highest BCUT2D eigenvalue weighted by atomic mass is 16.5. The first kappa shape index (κ1) is 13.8. The van der Waals surface area contributed by atoms with Gasteiger partial charge in [-0.1, -0.05) is 13.8 Å². The van der Waals surface area contributed by atoms with Crippen LogP contribution in [0.5, 0.6) is 0 Å². The van der Waals surface area contributed by atoms with Gasteiger partial charge in [0.1, 0.15) is 5.54 Å². The maximum atomic E-state index is 12.3. The fourth-order valence-corrected chi connectivity index (χ4v) is 3.41. The number of amides is 1. The maximum absolute atomic E-state index is 12.3. The highest BCUT2D eigenvalue weighted by Gasteiger charge is 2.71. The van der Waals surface area contributed by atoms with E-state index in [-0.39, 0.29) is 23.3 Å². The van der Waals surface area contributed by atoms with E-state index in [0.717, 1.165) is 12.8 Å². The number of rotatable bonds is 5. The molecular formula is C13H24N2O3. The summed E-state index contributed by atoms with van der Waals surface area (Å²) in [5, 5.41) is 2.93. The molecule has 2 rings (SSSR count). The summed E-state index contributed by atoms with van der Waals surface area (Å²) in [7, 11) is 1.65. The van der Waals surface area contributed by atoms with Gasteiger partial charge in [0, 0.05) is 38.2 Å². The van der Waals surface area contributed by atoms with E-state index < -0.39 is 5.54 Å². The lowest BCUT2D eigenvalue weighted by molar-refractivity contribution is -0.175. The highest BCUT2D eigenvalue weighted by molar-refractivity contribution is 5.89. The summed E-state index contributed by atoms with van der Waals surface area (Å²) < 4.78 is 10.6. The Hall–Kier alpha value is -0.650. The third kappa shape index (κ3) is 1.76. The Labute approximate surface area is 108 Å². The number of hydrogen-bond donors (Lipinski definition) is 2. The Balaban J connectivity index is 1.96. The smallest absolute Gasteiger partial charge is 0.241 e. The van der Waals surface area contributed by atoms with Gasteiger partial charge in [0.15, 0.2) is 0 Å². The predicted molar refractivity (Wildman–Crippen MR) is 68.0 cm³/mol. The number of methoxy groups -OCH3 is 1. The van der Waals surface area contributed by atoms with Crippen molar-refractivity contribution in [3.63, 3.8) is 0 Å². The van der Waals surface area contributed by atoms with Crippen molar-refractivity contribution in [2.75, 3.05) is 26.9 Å². The zero-order valence-corrected chi connectivity index (χ0v) is 11.5. The summed E-state index contributed by atoms with van der Waals surface area (Å²) in [6, 6.07) is 0. The van der Waals surface area contributed by atoms with Crippen molar-refractivity contribution >= 4 is 5.91 Å². The normalized spacial score (nSPS) is 36.9. The van der Waals surface area contributed by atoms with Gasteiger partial charge in [0.2, 0.25) is 5.91 Å². The van der Waals surface area contributed by atoms with E-state index in [1.807, 2.05) is 13.8 Å². The number of fused-ring (bicyclic) bond motifs is 1. The molecule has 18 heavy (non-hydrogen) atoms. The molecule has 1 saturated heterocycles. The van der Waals surface area contributed by atoms with E-state index >= 15 is 0 Å². The van der Waals surface area contributed by atoms with E-state index in [1.165, 1.54) is 0 Å². The van der Waals surface area contributed by atoms with E-state index in [9.17, 15) is 4.79 Å². The molecule has 0 aromatic rings. The first-order valence-electron chi connectivity index (χ1n) is 6.64. The average molecular weight is 256 g/mol. The Morgan fingerprint density at radius 3 is 2.94 bits per heavy atom. The molecule has 104 valence electrons. The summed E-state index contributed by atoms with van der Waals surface area (Å²) >= 11 is 0. The van der Waals surface area contributed by atoms with Crippen LogP contribution in [-0.2, 0) is 14.3 Å². The quantitative estimate of drug-likeness (QED) is 0.693. The second kappa shape index (κ2) is 4.79. The van der Waals surface area contributed by atoms with E-state index in [0.29, 0.717) is 19.8 Å². The second-order valence-corrected chi connectivity index (χ2v) is 5.88. The highest BCUT2D eigenvalue weighted by Crippen LogP contribution is 2.58. The summed E-state index contributed by atoms with van der Waals surface area (Å²) in [6.07, 6.45) is 1.83. The van der Waals surface area contributed by atoms with Crippen molar-refractivity contribution in [3.05, 3.63) is 0 Å². The summed E-state index contributed by atoms with van der Waals surface area (Å²) in [5.41, 5.74) is 5.32. The number of carbonyl (C=O) groups is 1. The van der Waals surface area contributed by atoms with Crippen LogP contribution < -0.4 is 11.1 Å². The number of hydrogen-bond acceptors (Lipinski definition) is 4. The Morgan fingerprint density at radius 1 is 1.56 bits per heavy atom. The Morgan fingerprint density at radius 2 is 2.28 bits per heavy atom. The van der Waals surface area contributed by atoms with Crippen molar-refractivity contribution in [1.82, 2.24) is 5.32 Å². The van der Waals surface area contributed by atoms with Crippen LogP contribution in [0.1, 0.15) is 26.7 Å². The Bertz CT molecular complexity index is 332. The largest absolute Gasteiger partial charge is 0.385 e. The van der Waals surface area contributed by atoms with Gasteiger partial charge in [-0.2, -0.15) is 0 Å². The molecule has 2 aliphatic rings. The molecule has 1 saturated carbocycles. The first-order valence-corrected chi connectivity index (χ1v) is 6.64. The lowest BCUT2D eigenvalue weighted by Gasteiger charge is -2.60. The van der Waals surface area contributed by atoms with Crippen molar-refractivity contribution in [1.29, 1.82) is 0 Å².